The Kier molecular flexibility index (Phi) is 3.47. The summed E-state index contributed by atoms with van der Waals surface area (Å²) in [7, 11) is 0. The van der Waals surface area contributed by atoms with Gasteiger partial charge in [-0.15, -0.1) is 0 Å². The topological polar surface area (TPSA) is 127 Å². The fraction of sp³-hybridized carbons (Fsp3) is 0.500. The first-order chi connectivity index (χ1) is 8.20. The van der Waals surface area contributed by atoms with Gasteiger partial charge in [0.05, 0.1) is 0 Å². The smallest absolute Gasteiger partial charge is 0.220 e. The molecule has 4 N–H and O–H groups in total. The number of nitrogens with one attached hydrogen (secondary N) is 1. The number of nitrogens with zero attached hydrogens (tertiary/aromatic N) is 3. The summed E-state index contributed by atoms with van der Waals surface area (Å²) in [6.07, 6.45) is 1.35. The van der Waals surface area contributed by atoms with E-state index in [0.29, 0.717) is 17.2 Å². The van der Waals surface area contributed by atoms with Gasteiger partial charge in [0, 0.05) is 18.2 Å². The summed E-state index contributed by atoms with van der Waals surface area (Å²) in [5.41, 5.74) is 5.61. The van der Waals surface area contributed by atoms with Crippen molar-refractivity contribution >= 4 is 23.5 Å². The van der Waals surface area contributed by atoms with E-state index in [1.165, 1.54) is 11.8 Å². The minimum atomic E-state index is -0.149. The lowest BCUT2D eigenvalue weighted by Crippen LogP contribution is -2.27. The molecule has 0 bridgehead atoms. The second kappa shape index (κ2) is 5.04. The predicted molar refractivity (Wildman–Crippen MR) is 58.7 cm³/mol. The van der Waals surface area contributed by atoms with E-state index in [0.717, 1.165) is 6.42 Å². The van der Waals surface area contributed by atoms with Crippen LogP contribution in [-0.4, -0.2) is 39.1 Å². The van der Waals surface area contributed by atoms with Crippen LogP contribution in [0.4, 0.5) is 0 Å². The van der Waals surface area contributed by atoms with Crippen LogP contribution >= 0.6 is 11.8 Å². The molecular weight excluding hydrogens is 246 g/mol. The van der Waals surface area contributed by atoms with Crippen LogP contribution < -0.4 is 11.1 Å². The number of rotatable bonds is 4. The summed E-state index contributed by atoms with van der Waals surface area (Å²) < 4.78 is 4.52. The molecule has 1 atom stereocenters. The summed E-state index contributed by atoms with van der Waals surface area (Å²) in [4.78, 5) is 11.0. The molecule has 0 spiro atoms. The van der Waals surface area contributed by atoms with Gasteiger partial charge >= 0.3 is 0 Å². The van der Waals surface area contributed by atoms with E-state index in [4.69, 9.17) is 10.9 Å². The van der Waals surface area contributed by atoms with Crippen LogP contribution in [0, 0.1) is 0 Å². The van der Waals surface area contributed by atoms with Crippen molar-refractivity contribution in [3.05, 3.63) is 5.69 Å². The lowest BCUT2D eigenvalue weighted by atomic mass is 10.2. The van der Waals surface area contributed by atoms with Crippen molar-refractivity contribution in [2.24, 2.45) is 10.9 Å². The fourth-order valence-electron chi connectivity index (χ4n) is 1.46. The molecule has 8 nitrogen and oxygen atoms in total. The average molecular weight is 257 g/mol. The van der Waals surface area contributed by atoms with Crippen LogP contribution in [0.25, 0.3) is 0 Å². The number of nitrogens with two attached hydrogens (primary N) is 1. The summed E-state index contributed by atoms with van der Waals surface area (Å²) in [5, 5.41) is 21.8. The number of hydrogen-bond donors (Lipinski definition) is 3. The Morgan fingerprint density at radius 3 is 3.18 bits per heavy atom. The van der Waals surface area contributed by atoms with Crippen molar-refractivity contribution in [3.8, 4) is 0 Å². The van der Waals surface area contributed by atoms with E-state index in [-0.39, 0.29) is 23.5 Å². The molecule has 9 heteroatoms. The highest BCUT2D eigenvalue weighted by Crippen LogP contribution is 2.22. The highest BCUT2D eigenvalue weighted by atomic mass is 32.2. The zero-order valence-electron chi connectivity index (χ0n) is 8.79. The molecule has 1 amide bonds. The molecule has 1 aliphatic rings. The monoisotopic (exact) mass is 257 g/mol. The Morgan fingerprint density at radius 1 is 1.71 bits per heavy atom. The summed E-state index contributed by atoms with van der Waals surface area (Å²) in [5.74, 6) is 0.556. The van der Waals surface area contributed by atoms with Crippen LogP contribution in [0.3, 0.4) is 0 Å². The molecule has 2 rings (SSSR count). The lowest BCUT2D eigenvalue weighted by Gasteiger charge is -2.07. The maximum absolute atomic E-state index is 11.0. The fourth-order valence-corrected chi connectivity index (χ4v) is 2.43. The summed E-state index contributed by atoms with van der Waals surface area (Å²) in [6.45, 7) is 0. The van der Waals surface area contributed by atoms with E-state index in [9.17, 15) is 4.79 Å². The van der Waals surface area contributed by atoms with Gasteiger partial charge in [-0.2, -0.15) is 0 Å². The van der Waals surface area contributed by atoms with E-state index >= 15 is 0 Å². The molecule has 0 aliphatic carbocycles. The first-order valence-corrected chi connectivity index (χ1v) is 5.92. The molecule has 1 aromatic heterocycles. The number of amides is 1. The molecule has 1 aliphatic heterocycles. The van der Waals surface area contributed by atoms with Crippen molar-refractivity contribution in [3.63, 3.8) is 0 Å². The molecule has 1 aromatic rings. The van der Waals surface area contributed by atoms with Gasteiger partial charge in [-0.3, -0.25) is 4.79 Å². The van der Waals surface area contributed by atoms with E-state index in [2.05, 4.69) is 25.4 Å². The van der Waals surface area contributed by atoms with Gasteiger partial charge in [-0.25, -0.2) is 4.63 Å². The zero-order chi connectivity index (χ0) is 12.3. The van der Waals surface area contributed by atoms with Crippen LogP contribution in [0.5, 0.6) is 0 Å². The maximum atomic E-state index is 11.0. The van der Waals surface area contributed by atoms with Crippen LogP contribution in [0.1, 0.15) is 18.5 Å². The van der Waals surface area contributed by atoms with Gasteiger partial charge in [0.1, 0.15) is 0 Å². The van der Waals surface area contributed by atoms with E-state index in [1.807, 2.05) is 0 Å². The van der Waals surface area contributed by atoms with Gasteiger partial charge in [-0.05, 0) is 16.7 Å². The normalized spacial score (nSPS) is 20.6. The van der Waals surface area contributed by atoms with Crippen molar-refractivity contribution in [2.45, 2.75) is 23.9 Å². The second-order valence-corrected chi connectivity index (χ2v) is 4.53. The SMILES string of the molecule is N/C(=N\O)c1nonc1SC[C@H]1CCC(=O)N1. The largest absolute Gasteiger partial charge is 0.409 e. The van der Waals surface area contributed by atoms with Crippen LogP contribution in [0.15, 0.2) is 14.8 Å². The second-order valence-electron chi connectivity index (χ2n) is 3.52. The Morgan fingerprint density at radius 2 is 2.53 bits per heavy atom. The summed E-state index contributed by atoms with van der Waals surface area (Å²) in [6, 6.07) is 0.115. The molecule has 0 unspecified atom stereocenters. The number of amidine groups is 1. The van der Waals surface area contributed by atoms with E-state index in [1.54, 1.807) is 0 Å². The molecule has 0 saturated carbocycles. The lowest BCUT2D eigenvalue weighted by molar-refractivity contribution is -0.119. The predicted octanol–water partition coefficient (Wildman–Crippen LogP) is -0.465. The summed E-state index contributed by atoms with van der Waals surface area (Å²) >= 11 is 1.34. The number of carbonyl (C=O) groups excluding carboxylic acids is 1. The minimum absolute atomic E-state index is 0.0607. The highest BCUT2D eigenvalue weighted by molar-refractivity contribution is 7.99. The Labute approximate surface area is 101 Å². The molecular formula is C8H11N5O3S. The maximum Gasteiger partial charge on any atom is 0.220 e. The van der Waals surface area contributed by atoms with Crippen LogP contribution in [0.2, 0.25) is 0 Å². The highest BCUT2D eigenvalue weighted by Gasteiger charge is 2.23. The van der Waals surface area contributed by atoms with Gasteiger partial charge in [0.15, 0.2) is 16.6 Å². The molecule has 92 valence electrons. The van der Waals surface area contributed by atoms with Crippen molar-refractivity contribution in [2.75, 3.05) is 5.75 Å². The molecule has 0 aromatic carbocycles. The Bertz CT molecular complexity index is 446. The van der Waals surface area contributed by atoms with Gasteiger partial charge in [0.25, 0.3) is 0 Å². The molecule has 2 heterocycles. The van der Waals surface area contributed by atoms with Crippen molar-refractivity contribution in [1.82, 2.24) is 15.6 Å². The number of thioether (sulfide) groups is 1. The number of oxime groups is 1. The van der Waals surface area contributed by atoms with Crippen molar-refractivity contribution in [1.29, 1.82) is 0 Å². The van der Waals surface area contributed by atoms with Crippen molar-refractivity contribution < 1.29 is 14.6 Å². The Balaban J connectivity index is 1.95. The number of aromatic nitrogens is 2. The first kappa shape index (κ1) is 11.7. The zero-order valence-corrected chi connectivity index (χ0v) is 9.61. The van der Waals surface area contributed by atoms with Crippen LogP contribution in [-0.2, 0) is 4.79 Å². The average Bonchev–Trinajstić information content (AvgIpc) is 2.94. The third kappa shape index (κ3) is 2.67. The number of carbonyl (C=O) groups is 1. The third-order valence-electron chi connectivity index (χ3n) is 2.31. The third-order valence-corrected chi connectivity index (χ3v) is 3.43. The Hall–Kier alpha value is -1.77. The quantitative estimate of drug-likeness (QED) is 0.219. The standard InChI is InChI=1S/C8H11N5O3S/c9-7(11-15)6-8(13-16-12-6)17-3-4-1-2-5(14)10-4/h4,15H,1-3H2,(H2,9,11)(H,10,14)/t4-/m1/s1. The van der Waals surface area contributed by atoms with E-state index < -0.39 is 0 Å². The number of hydrogen-bond acceptors (Lipinski definition) is 7. The minimum Gasteiger partial charge on any atom is -0.409 e. The first-order valence-electron chi connectivity index (χ1n) is 4.93. The van der Waals surface area contributed by atoms with Gasteiger partial charge in [-0.1, -0.05) is 16.9 Å². The molecule has 1 fully saturated rings. The molecule has 0 radical (unpaired) electrons. The van der Waals surface area contributed by atoms with Gasteiger partial charge in [0.2, 0.25) is 5.91 Å². The molecule has 17 heavy (non-hydrogen) atoms. The molecule has 1 saturated heterocycles. The van der Waals surface area contributed by atoms with Gasteiger partial charge < -0.3 is 16.3 Å².